The van der Waals surface area contributed by atoms with E-state index < -0.39 is 17.7 Å². The van der Waals surface area contributed by atoms with Crippen molar-refractivity contribution in [1.82, 2.24) is 9.97 Å². The molecule has 0 saturated carbocycles. The number of carbonyl (C=O) groups is 2. The number of anilines is 2. The van der Waals surface area contributed by atoms with Crippen LogP contribution >= 0.6 is 23.2 Å². The van der Waals surface area contributed by atoms with Gasteiger partial charge in [-0.25, -0.2) is 9.97 Å². The van der Waals surface area contributed by atoms with Gasteiger partial charge in [-0.15, -0.1) is 0 Å². The summed E-state index contributed by atoms with van der Waals surface area (Å²) in [7, 11) is 0. The second-order valence-corrected chi connectivity index (χ2v) is 9.34. The van der Waals surface area contributed by atoms with E-state index in [4.69, 9.17) is 23.2 Å². The van der Waals surface area contributed by atoms with E-state index in [1.807, 2.05) is 30.3 Å². The zero-order chi connectivity index (χ0) is 25.4. The van der Waals surface area contributed by atoms with Gasteiger partial charge in [0.15, 0.2) is 5.78 Å². The number of ketones is 1. The van der Waals surface area contributed by atoms with E-state index >= 15 is 0 Å². The second kappa shape index (κ2) is 14.5. The van der Waals surface area contributed by atoms with Crippen molar-refractivity contribution in [3.63, 3.8) is 0 Å². The van der Waals surface area contributed by atoms with E-state index in [-0.39, 0.29) is 58.0 Å². The Kier molecular flexibility index (Phi) is 12.1. The summed E-state index contributed by atoms with van der Waals surface area (Å²) in [5.41, 5.74) is 1.98. The fraction of sp³-hybridized carbons (Fsp3) is 0.259. The summed E-state index contributed by atoms with van der Waals surface area (Å²) >= 11 is 12.2. The molecule has 0 saturated heterocycles. The number of carboxylic acid groups (broad SMARTS) is 1. The van der Waals surface area contributed by atoms with Gasteiger partial charge in [-0.05, 0) is 48.2 Å². The van der Waals surface area contributed by atoms with Gasteiger partial charge in [0.05, 0.1) is 15.6 Å². The van der Waals surface area contributed by atoms with Gasteiger partial charge in [0.25, 0.3) is 0 Å². The van der Waals surface area contributed by atoms with Crippen molar-refractivity contribution < 1.29 is 44.3 Å². The molecule has 3 rings (SSSR count). The summed E-state index contributed by atoms with van der Waals surface area (Å²) < 4.78 is 0. The molecule has 1 unspecified atom stereocenters. The van der Waals surface area contributed by atoms with Crippen molar-refractivity contribution in [2.75, 3.05) is 11.4 Å². The van der Waals surface area contributed by atoms with E-state index in [2.05, 4.69) is 28.7 Å². The average Bonchev–Trinajstić information content (AvgIpc) is 2.82. The summed E-state index contributed by atoms with van der Waals surface area (Å²) in [6.07, 6.45) is 6.85. The molecular formula is C27H26Cl2N3NaO3. The van der Waals surface area contributed by atoms with Gasteiger partial charge < -0.3 is 14.8 Å². The third-order valence-electron chi connectivity index (χ3n) is 5.28. The minimum atomic E-state index is -1.30. The first-order valence-electron chi connectivity index (χ1n) is 11.3. The van der Waals surface area contributed by atoms with Crippen LogP contribution in [0.5, 0.6) is 0 Å². The van der Waals surface area contributed by atoms with Crippen molar-refractivity contribution in [3.05, 3.63) is 88.2 Å². The van der Waals surface area contributed by atoms with Gasteiger partial charge in [-0.1, -0.05) is 67.4 Å². The number of aliphatic carboxylic acids is 1. The van der Waals surface area contributed by atoms with E-state index in [9.17, 15) is 14.7 Å². The minimum absolute atomic E-state index is 0. The Labute approximate surface area is 243 Å². The maximum atomic E-state index is 12.6. The van der Waals surface area contributed by atoms with Crippen molar-refractivity contribution in [2.45, 2.75) is 26.7 Å². The van der Waals surface area contributed by atoms with Crippen LogP contribution in [0.4, 0.5) is 11.6 Å². The molecular weight excluding hydrogens is 508 g/mol. The van der Waals surface area contributed by atoms with Crippen molar-refractivity contribution >= 4 is 52.7 Å². The molecule has 0 spiro atoms. The molecule has 0 N–H and O–H groups in total. The fourth-order valence-electron chi connectivity index (χ4n) is 3.58. The summed E-state index contributed by atoms with van der Waals surface area (Å²) in [6.45, 7) is 5.02. The quantitative estimate of drug-likeness (QED) is 0.278. The van der Waals surface area contributed by atoms with Crippen LogP contribution in [0.1, 0.15) is 42.6 Å². The number of hydrogen-bond acceptors (Lipinski definition) is 6. The molecule has 6 nitrogen and oxygen atoms in total. The van der Waals surface area contributed by atoms with Crippen LogP contribution in [0.15, 0.2) is 67.0 Å². The molecule has 9 heteroatoms. The molecule has 0 radical (unpaired) electrons. The summed E-state index contributed by atoms with van der Waals surface area (Å²) in [4.78, 5) is 35.1. The SMILES string of the molecule is CC(C)CN(c1ccc(/C=C/CC(CC(=O)c2c(Cl)cccc2Cl)C(=O)[O-])cc1)c1ncccn1.[Na+]. The van der Waals surface area contributed by atoms with E-state index in [1.165, 1.54) is 0 Å². The molecule has 1 heterocycles. The molecule has 0 fully saturated rings. The normalized spacial score (nSPS) is 11.8. The number of halogens is 2. The number of Topliss-reactive ketones (excluding diaryl/α,β-unsaturated/α-hetero) is 1. The molecule has 1 atom stereocenters. The maximum Gasteiger partial charge on any atom is 1.00 e. The molecule has 0 aliphatic heterocycles. The average molecular weight is 534 g/mol. The Morgan fingerprint density at radius 2 is 1.61 bits per heavy atom. The predicted molar refractivity (Wildman–Crippen MR) is 138 cm³/mol. The number of carbonyl (C=O) groups excluding carboxylic acids is 2. The van der Waals surface area contributed by atoms with Crippen molar-refractivity contribution in [3.8, 4) is 0 Å². The zero-order valence-electron chi connectivity index (χ0n) is 20.5. The number of aromatic nitrogens is 2. The smallest absolute Gasteiger partial charge is 0.550 e. The molecule has 2 aromatic carbocycles. The largest absolute Gasteiger partial charge is 1.00 e. The number of hydrogen-bond donors (Lipinski definition) is 0. The maximum absolute atomic E-state index is 12.6. The monoisotopic (exact) mass is 533 g/mol. The first kappa shape index (κ1) is 30.0. The van der Waals surface area contributed by atoms with Crippen molar-refractivity contribution in [2.24, 2.45) is 11.8 Å². The van der Waals surface area contributed by atoms with Crippen LogP contribution in [-0.2, 0) is 4.79 Å². The standard InChI is InChI=1S/C27H27Cl2N3O3.Na/c1-18(2)17-32(27-30-14-5-15-31-27)21-12-10-19(11-13-21)6-3-7-20(26(34)35)16-24(33)25-22(28)8-4-9-23(25)29;/h3-6,8-15,18,20H,7,16-17H2,1-2H3,(H,34,35);/q;+1/p-1/b6-3+;. The molecule has 1 aromatic heterocycles. The van der Waals surface area contributed by atoms with Gasteiger partial charge in [0.2, 0.25) is 5.95 Å². The van der Waals surface area contributed by atoms with Gasteiger partial charge in [0.1, 0.15) is 0 Å². The molecule has 182 valence electrons. The number of nitrogens with zero attached hydrogens (tertiary/aromatic N) is 3. The van der Waals surface area contributed by atoms with E-state index in [0.29, 0.717) is 11.9 Å². The summed E-state index contributed by atoms with van der Waals surface area (Å²) in [5, 5.41) is 12.0. The number of allylic oxidation sites excluding steroid dienone is 1. The first-order chi connectivity index (χ1) is 16.8. The third-order valence-corrected chi connectivity index (χ3v) is 5.91. The predicted octanol–water partition coefficient (Wildman–Crippen LogP) is 2.62. The van der Waals surface area contributed by atoms with Crippen LogP contribution in [0.25, 0.3) is 6.08 Å². The minimum Gasteiger partial charge on any atom is -0.550 e. The van der Waals surface area contributed by atoms with Crippen LogP contribution in [-0.4, -0.2) is 28.3 Å². The van der Waals surface area contributed by atoms with E-state index in [1.54, 1.807) is 42.7 Å². The molecule has 0 bridgehead atoms. The second-order valence-electron chi connectivity index (χ2n) is 8.52. The van der Waals surface area contributed by atoms with E-state index in [0.717, 1.165) is 17.8 Å². The zero-order valence-corrected chi connectivity index (χ0v) is 24.0. The van der Waals surface area contributed by atoms with Crippen LogP contribution in [0, 0.1) is 11.8 Å². The third kappa shape index (κ3) is 8.43. The van der Waals surface area contributed by atoms with Crippen LogP contribution in [0.2, 0.25) is 10.0 Å². The van der Waals surface area contributed by atoms with Crippen LogP contribution < -0.4 is 39.6 Å². The van der Waals surface area contributed by atoms with Gasteiger partial charge >= 0.3 is 29.6 Å². The number of carboxylic acids is 1. The van der Waals surface area contributed by atoms with Crippen LogP contribution in [0.3, 0.4) is 0 Å². The summed E-state index contributed by atoms with van der Waals surface area (Å²) in [6, 6.07) is 14.3. The topological polar surface area (TPSA) is 86.2 Å². The Balaban J connectivity index is 0.00000456. The Bertz CT molecular complexity index is 1170. The molecule has 3 aromatic rings. The van der Waals surface area contributed by atoms with Gasteiger partial charge in [-0.3, -0.25) is 4.79 Å². The molecule has 0 aliphatic rings. The van der Waals surface area contributed by atoms with Crippen molar-refractivity contribution in [1.29, 1.82) is 0 Å². The summed E-state index contributed by atoms with van der Waals surface area (Å²) in [5.74, 6) is -1.69. The molecule has 0 aliphatic carbocycles. The van der Waals surface area contributed by atoms with Gasteiger partial charge in [-0.2, -0.15) is 0 Å². The Morgan fingerprint density at radius 1 is 1.00 bits per heavy atom. The molecule has 36 heavy (non-hydrogen) atoms. The Hall–Kier alpha value is -2.22. The molecule has 0 amide bonds. The Morgan fingerprint density at radius 3 is 2.17 bits per heavy atom. The fourth-order valence-corrected chi connectivity index (χ4v) is 4.19. The number of benzene rings is 2. The van der Waals surface area contributed by atoms with Gasteiger partial charge in [0, 0.05) is 42.9 Å². The first-order valence-corrected chi connectivity index (χ1v) is 12.0. The number of rotatable bonds is 11.